The molecular formula is C29H28N2O3S2. The van der Waals surface area contributed by atoms with Crippen molar-refractivity contribution in [1.29, 1.82) is 0 Å². The number of unbranched alkanes of at least 4 members (excludes halogenated alkanes) is 2. The number of nitrogens with one attached hydrogen (secondary N) is 1. The van der Waals surface area contributed by atoms with E-state index in [-0.39, 0.29) is 11.8 Å². The summed E-state index contributed by atoms with van der Waals surface area (Å²) in [6, 6.07) is 25.0. The molecule has 1 N–H and O–H groups in total. The van der Waals surface area contributed by atoms with Crippen LogP contribution < -0.4 is 10.1 Å². The van der Waals surface area contributed by atoms with Crippen molar-refractivity contribution < 1.29 is 14.3 Å². The van der Waals surface area contributed by atoms with Crippen LogP contribution in [0.2, 0.25) is 0 Å². The number of carbonyl (C=O) groups excluding carboxylic acids is 2. The number of benzene rings is 3. The molecular weight excluding hydrogens is 488 g/mol. The number of aryl methyl sites for hydroxylation is 1. The van der Waals surface area contributed by atoms with Gasteiger partial charge in [0.05, 0.1) is 4.91 Å². The Bertz CT molecular complexity index is 1260. The molecule has 3 aromatic rings. The van der Waals surface area contributed by atoms with Crippen molar-refractivity contribution in [2.75, 3.05) is 11.9 Å². The molecule has 0 aliphatic carbocycles. The maximum atomic E-state index is 12.9. The lowest BCUT2D eigenvalue weighted by Gasteiger charge is -2.14. The molecule has 1 saturated heterocycles. The van der Waals surface area contributed by atoms with Crippen molar-refractivity contribution in [3.63, 3.8) is 0 Å². The van der Waals surface area contributed by atoms with Gasteiger partial charge < -0.3 is 10.1 Å². The number of hydrogen-bond acceptors (Lipinski definition) is 5. The highest BCUT2D eigenvalue weighted by Crippen LogP contribution is 2.33. The smallest absolute Gasteiger partial charge is 0.266 e. The molecule has 0 unspecified atom stereocenters. The van der Waals surface area contributed by atoms with Gasteiger partial charge in [-0.1, -0.05) is 78.4 Å². The molecule has 7 heteroatoms. The van der Waals surface area contributed by atoms with Gasteiger partial charge in [-0.25, -0.2) is 0 Å². The molecule has 2 amide bonds. The Morgan fingerprint density at radius 1 is 0.972 bits per heavy atom. The van der Waals surface area contributed by atoms with Crippen molar-refractivity contribution in [3.05, 3.63) is 94.9 Å². The maximum absolute atomic E-state index is 12.9. The van der Waals surface area contributed by atoms with Crippen LogP contribution in [0.1, 0.15) is 36.8 Å². The molecule has 0 saturated carbocycles. The van der Waals surface area contributed by atoms with E-state index in [9.17, 15) is 9.59 Å². The lowest BCUT2D eigenvalue weighted by molar-refractivity contribution is -0.122. The zero-order chi connectivity index (χ0) is 25.3. The summed E-state index contributed by atoms with van der Waals surface area (Å²) in [5.41, 5.74) is 2.85. The van der Waals surface area contributed by atoms with Crippen LogP contribution in [-0.2, 0) is 9.59 Å². The Balaban J connectivity index is 1.24. The summed E-state index contributed by atoms with van der Waals surface area (Å²) in [6.07, 6.45) is 4.70. The van der Waals surface area contributed by atoms with Crippen LogP contribution in [0.15, 0.2) is 83.8 Å². The zero-order valence-corrected chi connectivity index (χ0v) is 21.7. The summed E-state index contributed by atoms with van der Waals surface area (Å²) in [4.78, 5) is 27.4. The fourth-order valence-electron chi connectivity index (χ4n) is 3.73. The number of carbonyl (C=O) groups is 2. The van der Waals surface area contributed by atoms with Crippen LogP contribution in [0, 0.1) is 6.92 Å². The maximum Gasteiger partial charge on any atom is 0.266 e. The second-order valence-corrected chi connectivity index (χ2v) is 10.2. The van der Waals surface area contributed by atoms with E-state index in [0.717, 1.165) is 41.8 Å². The summed E-state index contributed by atoms with van der Waals surface area (Å²) in [6.45, 7) is 2.57. The van der Waals surface area contributed by atoms with E-state index in [1.807, 2.05) is 91.9 Å². The van der Waals surface area contributed by atoms with Gasteiger partial charge in [0.15, 0.2) is 0 Å². The van der Waals surface area contributed by atoms with Gasteiger partial charge in [0.25, 0.3) is 5.91 Å². The molecule has 1 aliphatic rings. The van der Waals surface area contributed by atoms with Gasteiger partial charge in [0.1, 0.15) is 15.8 Å². The van der Waals surface area contributed by atoms with Gasteiger partial charge in [0, 0.05) is 18.7 Å². The summed E-state index contributed by atoms with van der Waals surface area (Å²) in [5.74, 6) is 1.40. The number of anilines is 1. The number of amides is 2. The average Bonchev–Trinajstić information content (AvgIpc) is 3.13. The lowest BCUT2D eigenvalue weighted by Crippen LogP contribution is -2.29. The van der Waals surface area contributed by atoms with Crippen molar-refractivity contribution in [2.45, 2.75) is 32.6 Å². The quantitative estimate of drug-likeness (QED) is 0.176. The van der Waals surface area contributed by atoms with Gasteiger partial charge in [-0.05, 0) is 67.8 Å². The Morgan fingerprint density at radius 2 is 1.72 bits per heavy atom. The highest BCUT2D eigenvalue weighted by Gasteiger charge is 2.31. The van der Waals surface area contributed by atoms with Gasteiger partial charge in [0.2, 0.25) is 5.91 Å². The van der Waals surface area contributed by atoms with Gasteiger partial charge in [-0.15, -0.1) is 0 Å². The van der Waals surface area contributed by atoms with E-state index in [4.69, 9.17) is 17.0 Å². The first kappa shape index (κ1) is 25.7. The number of nitrogens with zero attached hydrogens (tertiary/aromatic N) is 1. The third-order valence-electron chi connectivity index (χ3n) is 5.63. The van der Waals surface area contributed by atoms with Crippen molar-refractivity contribution in [2.24, 2.45) is 0 Å². The minimum Gasteiger partial charge on any atom is -0.457 e. The second-order valence-electron chi connectivity index (χ2n) is 8.55. The monoisotopic (exact) mass is 516 g/mol. The minimum atomic E-state index is -0.0727. The average molecular weight is 517 g/mol. The first-order valence-electron chi connectivity index (χ1n) is 11.9. The Hall–Kier alpha value is -3.42. The third-order valence-corrected chi connectivity index (χ3v) is 7.01. The van der Waals surface area contributed by atoms with E-state index in [1.54, 1.807) is 4.90 Å². The van der Waals surface area contributed by atoms with Crippen LogP contribution in [0.3, 0.4) is 0 Å². The first-order valence-corrected chi connectivity index (χ1v) is 13.2. The molecule has 1 fully saturated rings. The number of hydrogen-bond donors (Lipinski definition) is 1. The molecule has 0 radical (unpaired) electrons. The van der Waals surface area contributed by atoms with Crippen LogP contribution in [0.5, 0.6) is 11.5 Å². The lowest BCUT2D eigenvalue weighted by atomic mass is 10.1. The van der Waals surface area contributed by atoms with Gasteiger partial charge >= 0.3 is 0 Å². The minimum absolute atomic E-state index is 0.00544. The molecule has 0 spiro atoms. The molecule has 0 bridgehead atoms. The topological polar surface area (TPSA) is 58.6 Å². The fourth-order valence-corrected chi connectivity index (χ4v) is 5.04. The Kier molecular flexibility index (Phi) is 8.92. The highest BCUT2D eigenvalue weighted by atomic mass is 32.2. The molecule has 184 valence electrons. The largest absolute Gasteiger partial charge is 0.457 e. The van der Waals surface area contributed by atoms with Crippen molar-refractivity contribution in [1.82, 2.24) is 4.90 Å². The number of ether oxygens (including phenoxy) is 1. The van der Waals surface area contributed by atoms with E-state index in [0.29, 0.717) is 27.9 Å². The number of thioether (sulfide) groups is 1. The number of rotatable bonds is 10. The van der Waals surface area contributed by atoms with Crippen molar-refractivity contribution in [3.8, 4) is 11.5 Å². The van der Waals surface area contributed by atoms with E-state index in [2.05, 4.69) is 5.32 Å². The predicted octanol–water partition coefficient (Wildman–Crippen LogP) is 7.19. The van der Waals surface area contributed by atoms with E-state index in [1.165, 1.54) is 11.8 Å². The standard InChI is InChI=1S/C29H28N2O3S2/c1-21-14-16-23(17-15-21)30-27(32)13-6-3-7-18-31-28(33)26(36-29(31)35)20-22-9-8-12-25(19-22)34-24-10-4-2-5-11-24/h2,4-5,8-12,14-17,19-20H,3,6-7,13,18H2,1H3,(H,30,32)/b26-20-. The predicted molar refractivity (Wildman–Crippen MR) is 151 cm³/mol. The highest BCUT2D eigenvalue weighted by molar-refractivity contribution is 8.26. The molecule has 0 atom stereocenters. The molecule has 1 aliphatic heterocycles. The summed E-state index contributed by atoms with van der Waals surface area (Å²) < 4.78 is 6.47. The molecule has 5 nitrogen and oxygen atoms in total. The molecule has 0 aromatic heterocycles. The second kappa shape index (κ2) is 12.5. The fraction of sp³-hybridized carbons (Fsp3) is 0.207. The summed E-state index contributed by atoms with van der Waals surface area (Å²) in [5, 5.41) is 2.92. The summed E-state index contributed by atoms with van der Waals surface area (Å²) in [7, 11) is 0. The summed E-state index contributed by atoms with van der Waals surface area (Å²) >= 11 is 6.78. The number of para-hydroxylation sites is 1. The molecule has 3 aromatic carbocycles. The van der Waals surface area contributed by atoms with Crippen LogP contribution in [0.4, 0.5) is 5.69 Å². The third kappa shape index (κ3) is 7.29. The first-order chi connectivity index (χ1) is 17.5. The van der Waals surface area contributed by atoms with E-state index >= 15 is 0 Å². The Morgan fingerprint density at radius 3 is 2.50 bits per heavy atom. The van der Waals surface area contributed by atoms with Crippen molar-refractivity contribution >= 4 is 51.9 Å². The van der Waals surface area contributed by atoms with Crippen LogP contribution >= 0.6 is 24.0 Å². The van der Waals surface area contributed by atoms with Crippen LogP contribution in [0.25, 0.3) is 6.08 Å². The molecule has 4 rings (SSSR count). The SMILES string of the molecule is Cc1ccc(NC(=O)CCCCCN2C(=O)/C(=C/c3cccc(Oc4ccccc4)c3)SC2=S)cc1. The Labute approximate surface area is 221 Å². The number of thiocarbonyl (C=S) groups is 1. The molecule has 36 heavy (non-hydrogen) atoms. The van der Waals surface area contributed by atoms with E-state index < -0.39 is 0 Å². The zero-order valence-electron chi connectivity index (χ0n) is 20.1. The normalized spacial score (nSPS) is 14.4. The van der Waals surface area contributed by atoms with Gasteiger partial charge in [-0.2, -0.15) is 0 Å². The molecule has 1 heterocycles. The van der Waals surface area contributed by atoms with Crippen LogP contribution in [-0.4, -0.2) is 27.6 Å². The van der Waals surface area contributed by atoms with Gasteiger partial charge in [-0.3, -0.25) is 14.5 Å².